The van der Waals surface area contributed by atoms with Crippen molar-refractivity contribution < 1.29 is 0 Å². The highest BCUT2D eigenvalue weighted by Crippen LogP contribution is 2.22. The van der Waals surface area contributed by atoms with Gasteiger partial charge in [0, 0.05) is 0 Å². The molecule has 0 bridgehead atoms. The molecule has 0 saturated heterocycles. The van der Waals surface area contributed by atoms with Crippen LogP contribution in [0.1, 0.15) is 49.3 Å². The highest BCUT2D eigenvalue weighted by Gasteiger charge is 2.02. The summed E-state index contributed by atoms with van der Waals surface area (Å²) in [6.45, 7) is 6.47. The molecule has 0 atom stereocenters. The molecule has 2 aromatic carbocycles. The molecule has 0 N–H and O–H groups in total. The first-order valence-corrected chi connectivity index (χ1v) is 7.65. The lowest BCUT2D eigenvalue weighted by Gasteiger charge is -2.08. The van der Waals surface area contributed by atoms with Crippen molar-refractivity contribution in [2.75, 3.05) is 0 Å². The van der Waals surface area contributed by atoms with Crippen LogP contribution in [0.4, 0.5) is 0 Å². The molecule has 104 valence electrons. The van der Waals surface area contributed by atoms with Crippen molar-refractivity contribution in [3.63, 3.8) is 0 Å². The lowest BCUT2D eigenvalue weighted by molar-refractivity contribution is 0.667. The number of benzene rings is 2. The fraction of sp³-hybridized carbons (Fsp3) is 0.300. The Morgan fingerprint density at radius 3 is 2.10 bits per heavy atom. The molecule has 2 aromatic rings. The fourth-order valence-corrected chi connectivity index (χ4v) is 2.43. The summed E-state index contributed by atoms with van der Waals surface area (Å²) in [4.78, 5) is 0. The highest BCUT2D eigenvalue weighted by atomic mass is 14.1. The van der Waals surface area contributed by atoms with Crippen molar-refractivity contribution in [2.45, 2.75) is 39.0 Å². The molecule has 0 aliphatic heterocycles. The Morgan fingerprint density at radius 2 is 1.45 bits per heavy atom. The molecule has 0 nitrogen and oxygen atoms in total. The molecule has 0 unspecified atom stereocenters. The molecule has 0 aliphatic rings. The van der Waals surface area contributed by atoms with Gasteiger partial charge in [-0.2, -0.15) is 0 Å². The molecule has 0 saturated carbocycles. The van der Waals surface area contributed by atoms with Crippen LogP contribution in [0.15, 0.2) is 61.2 Å². The van der Waals surface area contributed by atoms with E-state index >= 15 is 0 Å². The van der Waals surface area contributed by atoms with Gasteiger partial charge in [-0.3, -0.25) is 0 Å². The van der Waals surface area contributed by atoms with Crippen molar-refractivity contribution >= 4 is 5.57 Å². The highest BCUT2D eigenvalue weighted by molar-refractivity contribution is 5.77. The standard InChI is InChI=1S/C20H24/c1-3-4-5-7-10-18-13-15-20(16-14-18)17(2)19-11-8-6-9-12-19/h6,8-9,11-16H,2-5,7,10H2,1H3. The SMILES string of the molecule is C=C(c1ccccc1)c1ccc(CCCCCC)cc1. The fourth-order valence-electron chi connectivity index (χ4n) is 2.43. The van der Waals surface area contributed by atoms with Crippen LogP contribution in [0.5, 0.6) is 0 Å². The number of hydrogen-bond donors (Lipinski definition) is 0. The average molecular weight is 264 g/mol. The third kappa shape index (κ3) is 4.09. The van der Waals surface area contributed by atoms with E-state index in [2.05, 4.69) is 62.0 Å². The number of rotatable bonds is 7. The van der Waals surface area contributed by atoms with Crippen LogP contribution < -0.4 is 0 Å². The molecule has 0 fully saturated rings. The van der Waals surface area contributed by atoms with Gasteiger partial charge in [0.1, 0.15) is 0 Å². The Balaban J connectivity index is 1.96. The summed E-state index contributed by atoms with van der Waals surface area (Å²) in [5.41, 5.74) is 4.95. The predicted molar refractivity (Wildman–Crippen MR) is 88.9 cm³/mol. The van der Waals surface area contributed by atoms with Crippen LogP contribution >= 0.6 is 0 Å². The molecule has 0 radical (unpaired) electrons. The maximum Gasteiger partial charge on any atom is -0.0183 e. The summed E-state index contributed by atoms with van der Waals surface area (Å²) in [6.07, 6.45) is 6.48. The molecule has 0 aliphatic carbocycles. The van der Waals surface area contributed by atoms with Crippen molar-refractivity contribution in [2.24, 2.45) is 0 Å². The van der Waals surface area contributed by atoms with Crippen LogP contribution in [0.25, 0.3) is 5.57 Å². The van der Waals surface area contributed by atoms with Crippen LogP contribution in [0.2, 0.25) is 0 Å². The second-order valence-electron chi connectivity index (χ2n) is 5.35. The summed E-state index contributed by atoms with van der Waals surface area (Å²) in [7, 11) is 0. The molecule has 0 heteroatoms. The van der Waals surface area contributed by atoms with E-state index in [1.165, 1.54) is 48.8 Å². The van der Waals surface area contributed by atoms with Gasteiger partial charge < -0.3 is 0 Å². The van der Waals surface area contributed by atoms with Crippen LogP contribution in [-0.2, 0) is 6.42 Å². The third-order valence-electron chi connectivity index (χ3n) is 3.74. The van der Waals surface area contributed by atoms with Gasteiger partial charge in [0.15, 0.2) is 0 Å². The van der Waals surface area contributed by atoms with Crippen LogP contribution in [0, 0.1) is 0 Å². The average Bonchev–Trinajstić information content (AvgIpc) is 2.52. The minimum absolute atomic E-state index is 1.10. The van der Waals surface area contributed by atoms with E-state index in [4.69, 9.17) is 0 Å². The molecule has 2 rings (SSSR count). The smallest absolute Gasteiger partial charge is 0.0183 e. The van der Waals surface area contributed by atoms with E-state index < -0.39 is 0 Å². The summed E-state index contributed by atoms with van der Waals surface area (Å²) < 4.78 is 0. The summed E-state index contributed by atoms with van der Waals surface area (Å²) >= 11 is 0. The Bertz CT molecular complexity index is 520. The van der Waals surface area contributed by atoms with Crippen molar-refractivity contribution in [3.05, 3.63) is 77.9 Å². The largest absolute Gasteiger partial charge is 0.0906 e. The van der Waals surface area contributed by atoms with Crippen molar-refractivity contribution in [3.8, 4) is 0 Å². The van der Waals surface area contributed by atoms with E-state index in [0.717, 1.165) is 5.57 Å². The molecule has 0 spiro atoms. The molecule has 20 heavy (non-hydrogen) atoms. The normalized spacial score (nSPS) is 10.4. The lowest BCUT2D eigenvalue weighted by Crippen LogP contribution is -1.89. The Kier molecular flexibility index (Phi) is 5.61. The first kappa shape index (κ1) is 14.6. The zero-order valence-electron chi connectivity index (χ0n) is 12.4. The number of aryl methyl sites for hydroxylation is 1. The molecular formula is C20H24. The van der Waals surface area contributed by atoms with Crippen molar-refractivity contribution in [1.29, 1.82) is 0 Å². The summed E-state index contributed by atoms with van der Waals surface area (Å²) in [5.74, 6) is 0. The third-order valence-corrected chi connectivity index (χ3v) is 3.74. The Morgan fingerprint density at radius 1 is 0.800 bits per heavy atom. The van der Waals surface area contributed by atoms with Crippen molar-refractivity contribution in [1.82, 2.24) is 0 Å². The summed E-state index contributed by atoms with van der Waals surface area (Å²) in [5, 5.41) is 0. The molecule has 0 aromatic heterocycles. The first-order chi connectivity index (χ1) is 9.81. The Hall–Kier alpha value is -1.82. The van der Waals surface area contributed by atoms with Gasteiger partial charge in [0.2, 0.25) is 0 Å². The quantitative estimate of drug-likeness (QED) is 0.548. The Labute approximate surface area is 123 Å². The second-order valence-corrected chi connectivity index (χ2v) is 5.35. The lowest BCUT2D eigenvalue weighted by atomic mass is 9.97. The molecule has 0 heterocycles. The molecule has 0 amide bonds. The van der Waals surface area contributed by atoms with Gasteiger partial charge in [-0.25, -0.2) is 0 Å². The number of hydrogen-bond acceptors (Lipinski definition) is 0. The van der Waals surface area contributed by atoms with Gasteiger partial charge in [0.05, 0.1) is 0 Å². The van der Waals surface area contributed by atoms with Gasteiger partial charge >= 0.3 is 0 Å². The van der Waals surface area contributed by atoms with Crippen LogP contribution in [-0.4, -0.2) is 0 Å². The second kappa shape index (κ2) is 7.69. The van der Waals surface area contributed by atoms with E-state index in [1.807, 2.05) is 6.07 Å². The predicted octanol–water partition coefficient (Wildman–Crippen LogP) is 5.87. The summed E-state index contributed by atoms with van der Waals surface area (Å²) in [6, 6.07) is 19.3. The minimum Gasteiger partial charge on any atom is -0.0906 e. The van der Waals surface area contributed by atoms with E-state index in [0.29, 0.717) is 0 Å². The van der Waals surface area contributed by atoms with Gasteiger partial charge in [-0.1, -0.05) is 87.4 Å². The zero-order valence-corrected chi connectivity index (χ0v) is 12.4. The monoisotopic (exact) mass is 264 g/mol. The number of unbranched alkanes of at least 4 members (excludes halogenated alkanes) is 3. The minimum atomic E-state index is 1.10. The van der Waals surface area contributed by atoms with Gasteiger partial charge in [-0.15, -0.1) is 0 Å². The van der Waals surface area contributed by atoms with E-state index in [9.17, 15) is 0 Å². The zero-order chi connectivity index (χ0) is 14.2. The van der Waals surface area contributed by atoms with Gasteiger partial charge in [0.25, 0.3) is 0 Å². The molecular weight excluding hydrogens is 240 g/mol. The maximum absolute atomic E-state index is 4.21. The maximum atomic E-state index is 4.21. The van der Waals surface area contributed by atoms with E-state index in [1.54, 1.807) is 0 Å². The first-order valence-electron chi connectivity index (χ1n) is 7.65. The van der Waals surface area contributed by atoms with E-state index in [-0.39, 0.29) is 0 Å². The van der Waals surface area contributed by atoms with Gasteiger partial charge in [-0.05, 0) is 35.1 Å². The topological polar surface area (TPSA) is 0 Å². The van der Waals surface area contributed by atoms with Crippen LogP contribution in [0.3, 0.4) is 0 Å².